The topological polar surface area (TPSA) is 87.8 Å². The van der Waals surface area contributed by atoms with E-state index in [9.17, 15) is 13.7 Å². The third kappa shape index (κ3) is 4.09. The van der Waals surface area contributed by atoms with Gasteiger partial charge < -0.3 is 0 Å². The third-order valence-corrected chi connectivity index (χ3v) is 6.14. The molecule has 1 N–H and O–H groups in total. The number of aromatic nitrogens is 2. The fraction of sp³-hybridized carbons (Fsp3) is 0.444. The van der Waals surface area contributed by atoms with Gasteiger partial charge in [-0.05, 0) is 24.3 Å². The molecule has 1 aromatic heterocycles. The number of hydrogen-bond acceptors (Lipinski definition) is 4. The minimum absolute atomic E-state index is 0.0938. The summed E-state index contributed by atoms with van der Waals surface area (Å²) in [5.41, 5.74) is 0.0231. The molecule has 2 atom stereocenters. The number of nitrogens with zero attached hydrogens (tertiary/aromatic N) is 3. The van der Waals surface area contributed by atoms with Crippen LogP contribution in [0.15, 0.2) is 47.6 Å². The Kier molecular flexibility index (Phi) is 4.93. The van der Waals surface area contributed by atoms with E-state index in [2.05, 4.69) is 22.8 Å². The Labute approximate surface area is 148 Å². The Morgan fingerprint density at radius 3 is 2.84 bits per heavy atom. The van der Waals surface area contributed by atoms with Gasteiger partial charge in [0.1, 0.15) is 10.4 Å². The number of nitriles is 1. The highest BCUT2D eigenvalue weighted by molar-refractivity contribution is 7.89. The van der Waals surface area contributed by atoms with Gasteiger partial charge >= 0.3 is 0 Å². The predicted octanol–water partition coefficient (Wildman–Crippen LogP) is 2.68. The van der Waals surface area contributed by atoms with Gasteiger partial charge in [0.25, 0.3) is 0 Å². The minimum atomic E-state index is -3.78. The third-order valence-electron chi connectivity index (χ3n) is 4.65. The molecule has 0 radical (unpaired) electrons. The maximum atomic E-state index is 12.7. The fourth-order valence-electron chi connectivity index (χ4n) is 3.42. The van der Waals surface area contributed by atoms with Crippen LogP contribution in [0.5, 0.6) is 0 Å². The maximum Gasteiger partial charge on any atom is 0.245 e. The van der Waals surface area contributed by atoms with E-state index >= 15 is 0 Å². The lowest BCUT2D eigenvalue weighted by Crippen LogP contribution is -2.49. The molecule has 1 fully saturated rings. The number of benzene rings is 1. The van der Waals surface area contributed by atoms with Crippen molar-refractivity contribution in [1.29, 1.82) is 5.26 Å². The molecule has 0 unspecified atom stereocenters. The number of rotatable bonds is 5. The van der Waals surface area contributed by atoms with Crippen molar-refractivity contribution in [1.82, 2.24) is 14.5 Å². The van der Waals surface area contributed by atoms with Crippen molar-refractivity contribution in [2.45, 2.75) is 49.6 Å². The average molecular weight is 358 g/mol. The molecule has 0 bridgehead atoms. The molecule has 1 aliphatic rings. The highest BCUT2D eigenvalue weighted by Crippen LogP contribution is 2.33. The minimum Gasteiger partial charge on any atom is -0.267 e. The second-order valence-electron chi connectivity index (χ2n) is 6.86. The first kappa shape index (κ1) is 17.6. The van der Waals surface area contributed by atoms with Gasteiger partial charge in [-0.3, -0.25) is 4.68 Å². The van der Waals surface area contributed by atoms with Crippen LogP contribution >= 0.6 is 0 Å². The molecular weight excluding hydrogens is 336 g/mol. The molecular formula is C18H22N4O2S. The summed E-state index contributed by atoms with van der Waals surface area (Å²) in [6, 6.07) is 11.9. The Bertz CT molecular complexity index is 870. The molecule has 0 amide bonds. The van der Waals surface area contributed by atoms with E-state index in [4.69, 9.17) is 0 Å². The van der Waals surface area contributed by atoms with Gasteiger partial charge in [0.2, 0.25) is 10.0 Å². The maximum absolute atomic E-state index is 12.7. The highest BCUT2D eigenvalue weighted by atomic mass is 32.2. The van der Waals surface area contributed by atoms with Gasteiger partial charge in [-0.15, -0.1) is 0 Å². The standard InChI is InChI=1S/C18H22N4O2S/c1-15-6-5-9-18(10-15,14-19)21-25(23,24)17-11-20-22(13-17)12-16-7-3-2-4-8-16/h2-4,7-8,11,13,15,21H,5-6,9-10,12H2,1H3/t15-,18+/m1/s1. The van der Waals surface area contributed by atoms with E-state index in [0.29, 0.717) is 25.3 Å². The fourth-order valence-corrected chi connectivity index (χ4v) is 4.73. The first-order valence-corrected chi connectivity index (χ1v) is 9.92. The molecule has 6 nitrogen and oxygen atoms in total. The van der Waals surface area contributed by atoms with Crippen LogP contribution in [0.25, 0.3) is 0 Å². The molecule has 3 rings (SSSR count). The summed E-state index contributed by atoms with van der Waals surface area (Å²) in [5.74, 6) is 0.330. The van der Waals surface area contributed by atoms with E-state index in [1.807, 2.05) is 30.3 Å². The molecule has 1 aromatic carbocycles. The van der Waals surface area contributed by atoms with Crippen LogP contribution in [0.2, 0.25) is 0 Å². The lowest BCUT2D eigenvalue weighted by atomic mass is 9.78. The summed E-state index contributed by atoms with van der Waals surface area (Å²) in [6.07, 6.45) is 5.81. The van der Waals surface area contributed by atoms with E-state index < -0.39 is 15.6 Å². The second-order valence-corrected chi connectivity index (χ2v) is 8.54. The van der Waals surface area contributed by atoms with Crippen molar-refractivity contribution in [3.8, 4) is 6.07 Å². The zero-order valence-electron chi connectivity index (χ0n) is 14.2. The summed E-state index contributed by atoms with van der Waals surface area (Å²) in [7, 11) is -3.78. The van der Waals surface area contributed by atoms with E-state index in [1.165, 1.54) is 12.4 Å². The van der Waals surface area contributed by atoms with Gasteiger partial charge in [-0.2, -0.15) is 15.1 Å². The molecule has 7 heteroatoms. The van der Waals surface area contributed by atoms with Crippen LogP contribution in [0.1, 0.15) is 38.2 Å². The smallest absolute Gasteiger partial charge is 0.245 e. The molecule has 2 aromatic rings. The molecule has 0 aliphatic heterocycles. The van der Waals surface area contributed by atoms with Crippen molar-refractivity contribution in [2.75, 3.05) is 0 Å². The van der Waals surface area contributed by atoms with Crippen molar-refractivity contribution >= 4 is 10.0 Å². The van der Waals surface area contributed by atoms with Crippen LogP contribution in [-0.4, -0.2) is 23.7 Å². The SMILES string of the molecule is C[C@@H]1CCC[C@](C#N)(NS(=O)(=O)c2cnn(Cc3ccccc3)c2)C1. The van der Waals surface area contributed by atoms with Crippen molar-refractivity contribution < 1.29 is 8.42 Å². The number of nitrogens with one attached hydrogen (secondary N) is 1. The quantitative estimate of drug-likeness (QED) is 0.890. The Morgan fingerprint density at radius 1 is 1.40 bits per heavy atom. The first-order chi connectivity index (χ1) is 11.9. The van der Waals surface area contributed by atoms with Gasteiger partial charge in [0.15, 0.2) is 0 Å². The molecule has 1 aliphatic carbocycles. The monoisotopic (exact) mass is 358 g/mol. The predicted molar refractivity (Wildman–Crippen MR) is 94.1 cm³/mol. The largest absolute Gasteiger partial charge is 0.267 e. The summed E-state index contributed by atoms with van der Waals surface area (Å²) >= 11 is 0. The van der Waals surface area contributed by atoms with E-state index in [0.717, 1.165) is 18.4 Å². The summed E-state index contributed by atoms with van der Waals surface area (Å²) in [5, 5.41) is 13.7. The van der Waals surface area contributed by atoms with E-state index in [-0.39, 0.29) is 4.90 Å². The molecule has 132 valence electrons. The zero-order valence-corrected chi connectivity index (χ0v) is 15.0. The first-order valence-electron chi connectivity index (χ1n) is 8.44. The zero-order chi connectivity index (χ0) is 17.9. The Morgan fingerprint density at radius 2 is 2.16 bits per heavy atom. The van der Waals surface area contributed by atoms with Crippen molar-refractivity contribution in [3.05, 3.63) is 48.3 Å². The number of hydrogen-bond donors (Lipinski definition) is 1. The van der Waals surface area contributed by atoms with Crippen LogP contribution in [0.4, 0.5) is 0 Å². The van der Waals surface area contributed by atoms with Crippen molar-refractivity contribution in [3.63, 3.8) is 0 Å². The second kappa shape index (κ2) is 6.98. The number of sulfonamides is 1. The molecule has 0 saturated heterocycles. The molecule has 1 heterocycles. The summed E-state index contributed by atoms with van der Waals surface area (Å²) < 4.78 is 29.7. The molecule has 1 saturated carbocycles. The highest BCUT2D eigenvalue weighted by Gasteiger charge is 2.39. The van der Waals surface area contributed by atoms with Crippen LogP contribution in [-0.2, 0) is 16.6 Å². The van der Waals surface area contributed by atoms with E-state index in [1.54, 1.807) is 4.68 Å². The average Bonchev–Trinajstić information content (AvgIpc) is 3.05. The molecule has 25 heavy (non-hydrogen) atoms. The van der Waals surface area contributed by atoms with Crippen LogP contribution in [0, 0.1) is 17.2 Å². The van der Waals surface area contributed by atoms with Gasteiger partial charge in [0.05, 0.1) is 18.8 Å². The normalized spacial score (nSPS) is 23.9. The Hall–Kier alpha value is -2.17. The van der Waals surface area contributed by atoms with Crippen LogP contribution in [0.3, 0.4) is 0 Å². The van der Waals surface area contributed by atoms with Crippen molar-refractivity contribution in [2.24, 2.45) is 5.92 Å². The summed E-state index contributed by atoms with van der Waals surface area (Å²) in [6.45, 7) is 2.55. The summed E-state index contributed by atoms with van der Waals surface area (Å²) in [4.78, 5) is 0.0938. The van der Waals surface area contributed by atoms with Crippen LogP contribution < -0.4 is 4.72 Å². The molecule has 0 spiro atoms. The van der Waals surface area contributed by atoms with Gasteiger partial charge in [-0.1, -0.05) is 50.1 Å². The lowest BCUT2D eigenvalue weighted by Gasteiger charge is -2.34. The van der Waals surface area contributed by atoms with Gasteiger partial charge in [-0.25, -0.2) is 8.42 Å². The van der Waals surface area contributed by atoms with Gasteiger partial charge in [0, 0.05) is 6.20 Å². The Balaban J connectivity index is 1.77. The lowest BCUT2D eigenvalue weighted by molar-refractivity contribution is 0.270.